The Kier molecular flexibility index (Phi) is 6.60. The fourth-order valence-electron chi connectivity index (χ4n) is 2.69. The van der Waals surface area contributed by atoms with Crippen LogP contribution in [0.4, 0.5) is 0 Å². The number of aromatic hydroxyl groups is 1. The molecule has 0 fully saturated rings. The third-order valence-electron chi connectivity index (χ3n) is 3.84. The molecule has 6 heteroatoms. The van der Waals surface area contributed by atoms with Gasteiger partial charge in [-0.1, -0.05) is 24.3 Å². The summed E-state index contributed by atoms with van der Waals surface area (Å²) in [4.78, 5) is 24.1. The highest BCUT2D eigenvalue weighted by molar-refractivity contribution is 5.80. The Bertz CT molecular complexity index is 736. The first kappa shape index (κ1) is 19.3. The first-order valence-corrected chi connectivity index (χ1v) is 8.23. The van der Waals surface area contributed by atoms with Gasteiger partial charge in [0.1, 0.15) is 11.5 Å². The monoisotopic (exact) mass is 358 g/mol. The van der Waals surface area contributed by atoms with Gasteiger partial charge in [-0.3, -0.25) is 4.79 Å². The SMILES string of the molecule is CCOC(=O)[C@H](OC(C)=O)[C@@H](c1ccc(O)cc1)c1ccc(OC)cc1. The number of carbonyl (C=O) groups is 2. The normalized spacial score (nSPS) is 12.7. The van der Waals surface area contributed by atoms with Crippen molar-refractivity contribution in [3.8, 4) is 11.5 Å². The van der Waals surface area contributed by atoms with Crippen LogP contribution < -0.4 is 4.74 Å². The second-order valence-electron chi connectivity index (χ2n) is 5.62. The standard InChI is InChI=1S/C20H22O6/c1-4-25-20(23)19(26-13(2)21)18(14-5-9-16(22)10-6-14)15-7-11-17(24-3)12-8-15/h5-12,18-19,22H,4H2,1-3H3/t18-,19+/m0/s1. The Morgan fingerprint density at radius 2 is 1.54 bits per heavy atom. The van der Waals surface area contributed by atoms with Crippen LogP contribution in [0.3, 0.4) is 0 Å². The van der Waals surface area contributed by atoms with Gasteiger partial charge in [-0.15, -0.1) is 0 Å². The lowest BCUT2D eigenvalue weighted by atomic mass is 9.86. The van der Waals surface area contributed by atoms with Crippen molar-refractivity contribution in [2.45, 2.75) is 25.9 Å². The molecule has 0 bridgehead atoms. The Hall–Kier alpha value is -3.02. The molecule has 0 saturated carbocycles. The van der Waals surface area contributed by atoms with Crippen LogP contribution in [0.15, 0.2) is 48.5 Å². The largest absolute Gasteiger partial charge is 0.508 e. The van der Waals surface area contributed by atoms with Crippen LogP contribution in [0.25, 0.3) is 0 Å². The van der Waals surface area contributed by atoms with Crippen LogP contribution in [0, 0.1) is 0 Å². The zero-order valence-electron chi connectivity index (χ0n) is 15.0. The summed E-state index contributed by atoms with van der Waals surface area (Å²) < 4.78 is 15.6. The van der Waals surface area contributed by atoms with Crippen molar-refractivity contribution >= 4 is 11.9 Å². The van der Waals surface area contributed by atoms with Crippen molar-refractivity contribution in [3.05, 3.63) is 59.7 Å². The quantitative estimate of drug-likeness (QED) is 0.766. The lowest BCUT2D eigenvalue weighted by molar-refractivity contribution is -0.167. The van der Waals surface area contributed by atoms with Crippen LogP contribution in [-0.2, 0) is 19.1 Å². The van der Waals surface area contributed by atoms with Crippen molar-refractivity contribution in [2.75, 3.05) is 13.7 Å². The average molecular weight is 358 g/mol. The molecule has 2 aromatic carbocycles. The van der Waals surface area contributed by atoms with Gasteiger partial charge >= 0.3 is 11.9 Å². The topological polar surface area (TPSA) is 82.1 Å². The van der Waals surface area contributed by atoms with Gasteiger partial charge in [-0.05, 0) is 42.3 Å². The highest BCUT2D eigenvalue weighted by Gasteiger charge is 2.35. The molecule has 2 atom stereocenters. The van der Waals surface area contributed by atoms with Gasteiger partial charge in [0.05, 0.1) is 19.6 Å². The van der Waals surface area contributed by atoms with E-state index >= 15 is 0 Å². The Balaban J connectivity index is 2.52. The molecule has 26 heavy (non-hydrogen) atoms. The van der Waals surface area contributed by atoms with Gasteiger partial charge in [0.2, 0.25) is 6.10 Å². The molecule has 0 aliphatic rings. The second-order valence-corrected chi connectivity index (χ2v) is 5.62. The molecule has 0 aliphatic carbocycles. The van der Waals surface area contributed by atoms with E-state index in [-0.39, 0.29) is 12.4 Å². The molecule has 0 aliphatic heterocycles. The van der Waals surface area contributed by atoms with Crippen molar-refractivity contribution in [1.29, 1.82) is 0 Å². The molecule has 2 aromatic rings. The predicted octanol–water partition coefficient (Wildman–Crippen LogP) is 3.03. The summed E-state index contributed by atoms with van der Waals surface area (Å²) in [6, 6.07) is 13.5. The van der Waals surface area contributed by atoms with Gasteiger partial charge in [0.15, 0.2) is 0 Å². The predicted molar refractivity (Wildman–Crippen MR) is 95.1 cm³/mol. The third kappa shape index (κ3) is 4.75. The zero-order valence-corrected chi connectivity index (χ0v) is 15.0. The summed E-state index contributed by atoms with van der Waals surface area (Å²) in [6.45, 7) is 3.10. The summed E-state index contributed by atoms with van der Waals surface area (Å²) in [5.41, 5.74) is 1.45. The van der Waals surface area contributed by atoms with E-state index < -0.39 is 24.0 Å². The Labute approximate surface area is 152 Å². The zero-order chi connectivity index (χ0) is 19.1. The molecule has 138 valence electrons. The van der Waals surface area contributed by atoms with Crippen molar-refractivity contribution in [2.24, 2.45) is 0 Å². The minimum absolute atomic E-state index is 0.0994. The maximum absolute atomic E-state index is 12.5. The van der Waals surface area contributed by atoms with E-state index in [1.165, 1.54) is 19.1 Å². The number of esters is 2. The van der Waals surface area contributed by atoms with Crippen LogP contribution >= 0.6 is 0 Å². The molecule has 0 unspecified atom stereocenters. The molecule has 6 nitrogen and oxygen atoms in total. The number of rotatable bonds is 7. The highest BCUT2D eigenvalue weighted by Crippen LogP contribution is 2.33. The van der Waals surface area contributed by atoms with E-state index in [1.54, 1.807) is 50.4 Å². The van der Waals surface area contributed by atoms with Gasteiger partial charge < -0.3 is 19.3 Å². The molecule has 0 saturated heterocycles. The molecule has 0 aromatic heterocycles. The van der Waals surface area contributed by atoms with E-state index in [0.29, 0.717) is 11.3 Å². The molecule has 1 N–H and O–H groups in total. The number of methoxy groups -OCH3 is 1. The van der Waals surface area contributed by atoms with Crippen molar-refractivity contribution < 1.29 is 28.9 Å². The summed E-state index contributed by atoms with van der Waals surface area (Å²) in [5, 5.41) is 9.56. The Morgan fingerprint density at radius 1 is 1.00 bits per heavy atom. The van der Waals surface area contributed by atoms with E-state index in [0.717, 1.165) is 5.56 Å². The number of hydrogen-bond donors (Lipinski definition) is 1. The minimum Gasteiger partial charge on any atom is -0.508 e. The third-order valence-corrected chi connectivity index (χ3v) is 3.84. The minimum atomic E-state index is -1.15. The summed E-state index contributed by atoms with van der Waals surface area (Å²) in [6.07, 6.45) is -1.15. The summed E-state index contributed by atoms with van der Waals surface area (Å²) in [7, 11) is 1.56. The molecular weight excluding hydrogens is 336 g/mol. The lowest BCUT2D eigenvalue weighted by Crippen LogP contribution is -2.35. The van der Waals surface area contributed by atoms with Gasteiger partial charge in [0, 0.05) is 6.92 Å². The van der Waals surface area contributed by atoms with Crippen LogP contribution in [0.5, 0.6) is 11.5 Å². The van der Waals surface area contributed by atoms with E-state index in [1.807, 2.05) is 0 Å². The summed E-state index contributed by atoms with van der Waals surface area (Å²) >= 11 is 0. The molecule has 2 rings (SSSR count). The van der Waals surface area contributed by atoms with E-state index in [9.17, 15) is 14.7 Å². The van der Waals surface area contributed by atoms with Crippen LogP contribution in [-0.4, -0.2) is 36.9 Å². The van der Waals surface area contributed by atoms with Crippen molar-refractivity contribution in [1.82, 2.24) is 0 Å². The van der Waals surface area contributed by atoms with Gasteiger partial charge in [-0.25, -0.2) is 4.79 Å². The fourth-order valence-corrected chi connectivity index (χ4v) is 2.69. The first-order valence-electron chi connectivity index (χ1n) is 8.23. The van der Waals surface area contributed by atoms with Gasteiger partial charge in [-0.2, -0.15) is 0 Å². The first-order chi connectivity index (χ1) is 12.5. The number of phenolic OH excluding ortho intramolecular Hbond substituents is 1. The summed E-state index contributed by atoms with van der Waals surface area (Å²) in [5.74, 6) is -1.04. The highest BCUT2D eigenvalue weighted by atomic mass is 16.6. The van der Waals surface area contributed by atoms with E-state index in [2.05, 4.69) is 0 Å². The molecule has 0 heterocycles. The maximum Gasteiger partial charge on any atom is 0.348 e. The van der Waals surface area contributed by atoms with E-state index in [4.69, 9.17) is 14.2 Å². The molecule has 0 radical (unpaired) electrons. The number of benzene rings is 2. The smallest absolute Gasteiger partial charge is 0.348 e. The molecule has 0 amide bonds. The van der Waals surface area contributed by atoms with Crippen molar-refractivity contribution in [3.63, 3.8) is 0 Å². The average Bonchev–Trinajstić information content (AvgIpc) is 2.63. The number of phenols is 1. The number of ether oxygens (including phenoxy) is 3. The lowest BCUT2D eigenvalue weighted by Gasteiger charge is -2.26. The molecule has 0 spiro atoms. The van der Waals surface area contributed by atoms with Gasteiger partial charge in [0.25, 0.3) is 0 Å². The molecular formula is C20H22O6. The number of hydrogen-bond acceptors (Lipinski definition) is 6. The van der Waals surface area contributed by atoms with Crippen LogP contribution in [0.2, 0.25) is 0 Å². The fraction of sp³-hybridized carbons (Fsp3) is 0.300. The van der Waals surface area contributed by atoms with Crippen LogP contribution in [0.1, 0.15) is 30.9 Å². The Morgan fingerprint density at radius 3 is 2.00 bits per heavy atom. The maximum atomic E-state index is 12.5. The number of carbonyl (C=O) groups excluding carboxylic acids is 2. The second kappa shape index (κ2) is 8.89.